The van der Waals surface area contributed by atoms with Gasteiger partial charge in [0.1, 0.15) is 0 Å². The Morgan fingerprint density at radius 3 is 2.71 bits per heavy atom. The Kier molecular flexibility index (Phi) is 8.45. The molecule has 6 nitrogen and oxygen atoms in total. The Morgan fingerprint density at radius 1 is 1.14 bits per heavy atom. The highest BCUT2D eigenvalue weighted by Crippen LogP contribution is 2.38. The molecule has 2 aromatic carbocycles. The molecule has 0 N–H and O–H groups in total. The van der Waals surface area contributed by atoms with Crippen LogP contribution in [0, 0.1) is 11.8 Å². The molecule has 1 fully saturated rings. The zero-order chi connectivity index (χ0) is 24.9. The van der Waals surface area contributed by atoms with Gasteiger partial charge in [-0.1, -0.05) is 37.6 Å². The van der Waals surface area contributed by atoms with Crippen molar-refractivity contribution in [3.05, 3.63) is 52.5 Å². The maximum absolute atomic E-state index is 13.7. The van der Waals surface area contributed by atoms with E-state index in [9.17, 15) is 4.79 Å². The van der Waals surface area contributed by atoms with E-state index in [2.05, 4.69) is 62.0 Å². The maximum atomic E-state index is 13.7. The van der Waals surface area contributed by atoms with Crippen LogP contribution >= 0.6 is 11.6 Å². The Balaban J connectivity index is 1.43. The van der Waals surface area contributed by atoms with Crippen molar-refractivity contribution < 1.29 is 14.3 Å². The van der Waals surface area contributed by atoms with Crippen LogP contribution in [0.1, 0.15) is 37.8 Å². The monoisotopic (exact) mass is 499 g/mol. The fraction of sp³-hybridized carbons (Fsp3) is 0.536. The van der Waals surface area contributed by atoms with Gasteiger partial charge in [-0.15, -0.1) is 0 Å². The second-order valence-corrected chi connectivity index (χ2v) is 10.8. The molecule has 0 radical (unpaired) electrons. The zero-order valence-corrected chi connectivity index (χ0v) is 22.2. The molecule has 2 heterocycles. The highest BCUT2D eigenvalue weighted by atomic mass is 35.5. The Labute approximate surface area is 214 Å². The topological polar surface area (TPSA) is 45.3 Å². The summed E-state index contributed by atoms with van der Waals surface area (Å²) in [6.45, 7) is 9.35. The summed E-state index contributed by atoms with van der Waals surface area (Å²) in [5, 5.41) is 0.545. The molecule has 2 aromatic rings. The summed E-state index contributed by atoms with van der Waals surface area (Å²) in [6.07, 6.45) is 1.72. The number of ether oxygens (including phenoxy) is 2. The number of benzene rings is 2. The molecule has 2 aliphatic heterocycles. The third-order valence-electron chi connectivity index (χ3n) is 6.59. The normalized spacial score (nSPS) is 17.9. The van der Waals surface area contributed by atoms with Crippen molar-refractivity contribution >= 4 is 23.2 Å². The summed E-state index contributed by atoms with van der Waals surface area (Å²) in [7, 11) is 4.12. The first-order valence-electron chi connectivity index (χ1n) is 12.7. The molecule has 1 atom stereocenters. The molecule has 1 amide bonds. The van der Waals surface area contributed by atoms with Crippen molar-refractivity contribution in [2.24, 2.45) is 11.8 Å². The molecule has 7 heteroatoms. The predicted molar refractivity (Wildman–Crippen MR) is 141 cm³/mol. The van der Waals surface area contributed by atoms with Gasteiger partial charge in [0, 0.05) is 52.4 Å². The van der Waals surface area contributed by atoms with Crippen molar-refractivity contribution in [1.29, 1.82) is 0 Å². The average Bonchev–Trinajstić information content (AvgIpc) is 3.14. The van der Waals surface area contributed by atoms with Gasteiger partial charge in [-0.05, 0) is 54.3 Å². The molecule has 0 saturated carbocycles. The lowest BCUT2D eigenvalue weighted by Gasteiger charge is -2.28. The minimum absolute atomic E-state index is 0.0154. The number of carbonyl (C=O) groups excluding carboxylic acids is 1. The number of anilines is 1. The minimum Gasteiger partial charge on any atom is -0.489 e. The van der Waals surface area contributed by atoms with Crippen LogP contribution < -0.4 is 14.4 Å². The summed E-state index contributed by atoms with van der Waals surface area (Å²) < 4.78 is 11.6. The van der Waals surface area contributed by atoms with E-state index in [1.807, 2.05) is 17.0 Å². The van der Waals surface area contributed by atoms with Crippen LogP contribution in [0.3, 0.4) is 0 Å². The van der Waals surface area contributed by atoms with E-state index in [4.69, 9.17) is 21.1 Å². The predicted octanol–water partition coefficient (Wildman–Crippen LogP) is 5.07. The molecule has 190 valence electrons. The second-order valence-electron chi connectivity index (χ2n) is 10.4. The average molecular weight is 500 g/mol. The smallest absolute Gasteiger partial charge is 0.227 e. The van der Waals surface area contributed by atoms with Crippen molar-refractivity contribution in [1.82, 2.24) is 9.80 Å². The third kappa shape index (κ3) is 6.62. The van der Waals surface area contributed by atoms with Crippen LogP contribution in [0.15, 0.2) is 36.4 Å². The van der Waals surface area contributed by atoms with E-state index < -0.39 is 0 Å². The molecular formula is C28H38ClN3O3. The highest BCUT2D eigenvalue weighted by molar-refractivity contribution is 6.32. The van der Waals surface area contributed by atoms with Crippen LogP contribution in [0.25, 0.3) is 0 Å². The van der Waals surface area contributed by atoms with E-state index in [-0.39, 0.29) is 11.8 Å². The molecule has 0 aromatic heterocycles. The van der Waals surface area contributed by atoms with Gasteiger partial charge in [0.15, 0.2) is 11.5 Å². The summed E-state index contributed by atoms with van der Waals surface area (Å²) in [4.78, 5) is 20.2. The first-order valence-corrected chi connectivity index (χ1v) is 13.0. The van der Waals surface area contributed by atoms with Gasteiger partial charge in [-0.2, -0.15) is 0 Å². The number of hydrogen-bond donors (Lipinski definition) is 0. The summed E-state index contributed by atoms with van der Waals surface area (Å²) in [6, 6.07) is 12.5. The minimum atomic E-state index is 0.0154. The first-order chi connectivity index (χ1) is 16.8. The van der Waals surface area contributed by atoms with Gasteiger partial charge >= 0.3 is 0 Å². The van der Waals surface area contributed by atoms with Crippen molar-refractivity contribution in [2.45, 2.75) is 39.8 Å². The Morgan fingerprint density at radius 2 is 1.94 bits per heavy atom. The number of halogens is 1. The molecule has 0 aliphatic carbocycles. The number of hydrogen-bond acceptors (Lipinski definition) is 5. The van der Waals surface area contributed by atoms with Gasteiger partial charge in [0.25, 0.3) is 0 Å². The highest BCUT2D eigenvalue weighted by Gasteiger charge is 2.32. The molecule has 0 bridgehead atoms. The van der Waals surface area contributed by atoms with Crippen molar-refractivity contribution in [2.75, 3.05) is 51.8 Å². The summed E-state index contributed by atoms with van der Waals surface area (Å²) in [5.74, 6) is 1.91. The van der Waals surface area contributed by atoms with E-state index in [0.29, 0.717) is 48.7 Å². The van der Waals surface area contributed by atoms with Crippen LogP contribution in [-0.2, 0) is 17.9 Å². The fourth-order valence-corrected chi connectivity index (χ4v) is 5.18. The second kappa shape index (κ2) is 11.5. The summed E-state index contributed by atoms with van der Waals surface area (Å²) in [5.41, 5.74) is 3.46. The van der Waals surface area contributed by atoms with E-state index in [1.54, 1.807) is 0 Å². The molecule has 1 saturated heterocycles. The largest absolute Gasteiger partial charge is 0.489 e. The number of fused-ring (bicyclic) bond motifs is 1. The zero-order valence-electron chi connectivity index (χ0n) is 21.4. The molecule has 0 spiro atoms. The standard InChI is InChI=1S/C28H38ClN3O3/c1-20(2)16-32(18-22-14-25(29)27-26(15-22)34-11-6-12-35-27)28(33)23-9-10-31(19-23)17-21-7-5-8-24(13-21)30(3)4/h5,7-8,13-15,20,23H,6,9-12,16-19H2,1-4H3. The Hall–Kier alpha value is -2.44. The lowest BCUT2D eigenvalue weighted by molar-refractivity contribution is -0.136. The van der Waals surface area contributed by atoms with E-state index in [0.717, 1.165) is 38.0 Å². The molecule has 35 heavy (non-hydrogen) atoms. The SMILES string of the molecule is CC(C)CN(Cc1cc(Cl)c2c(c1)OCCCO2)C(=O)C1CCN(Cc2cccc(N(C)C)c2)C1. The lowest BCUT2D eigenvalue weighted by atomic mass is 10.0. The molecule has 1 unspecified atom stereocenters. The van der Waals surface area contributed by atoms with Crippen LogP contribution in [0.4, 0.5) is 5.69 Å². The lowest BCUT2D eigenvalue weighted by Crippen LogP contribution is -2.39. The number of rotatable bonds is 8. The van der Waals surface area contributed by atoms with Crippen LogP contribution in [0.2, 0.25) is 5.02 Å². The number of likely N-dealkylation sites (tertiary alicyclic amines) is 1. The van der Waals surface area contributed by atoms with Crippen molar-refractivity contribution in [3.63, 3.8) is 0 Å². The number of carbonyl (C=O) groups is 1. The fourth-order valence-electron chi connectivity index (χ4n) is 4.90. The van der Waals surface area contributed by atoms with Gasteiger partial charge in [-0.3, -0.25) is 9.69 Å². The van der Waals surface area contributed by atoms with Gasteiger partial charge < -0.3 is 19.3 Å². The molecule has 2 aliphatic rings. The van der Waals surface area contributed by atoms with Gasteiger partial charge in [0.05, 0.1) is 24.2 Å². The van der Waals surface area contributed by atoms with Crippen LogP contribution in [0.5, 0.6) is 11.5 Å². The number of amides is 1. The Bertz CT molecular complexity index is 1030. The van der Waals surface area contributed by atoms with E-state index in [1.165, 1.54) is 11.3 Å². The van der Waals surface area contributed by atoms with E-state index >= 15 is 0 Å². The number of nitrogens with zero attached hydrogens (tertiary/aromatic N) is 3. The molecular weight excluding hydrogens is 462 g/mol. The van der Waals surface area contributed by atoms with Gasteiger partial charge in [-0.25, -0.2) is 0 Å². The first kappa shape index (κ1) is 25.6. The summed E-state index contributed by atoms with van der Waals surface area (Å²) >= 11 is 6.52. The van der Waals surface area contributed by atoms with Crippen LogP contribution in [-0.4, -0.2) is 62.7 Å². The van der Waals surface area contributed by atoms with Crippen molar-refractivity contribution in [3.8, 4) is 11.5 Å². The maximum Gasteiger partial charge on any atom is 0.227 e. The third-order valence-corrected chi connectivity index (χ3v) is 6.87. The van der Waals surface area contributed by atoms with Gasteiger partial charge in [0.2, 0.25) is 5.91 Å². The molecule has 4 rings (SSSR count). The quantitative estimate of drug-likeness (QED) is 0.507.